The number of nitrogens with zero attached hydrogens (tertiary/aromatic N) is 1. The minimum Gasteiger partial charge on any atom is -0.350 e. The maximum absolute atomic E-state index is 11.8. The number of carbonyl (C=O) groups is 1. The van der Waals surface area contributed by atoms with Gasteiger partial charge in [0.15, 0.2) is 0 Å². The molecule has 1 N–H and O–H groups in total. The molecule has 1 aromatic heterocycles. The molecule has 0 saturated carbocycles. The first-order valence-corrected chi connectivity index (χ1v) is 6.41. The van der Waals surface area contributed by atoms with Crippen LogP contribution >= 0.6 is 11.3 Å². The molecule has 0 unspecified atom stereocenters. The Balaban J connectivity index is 2.60. The molecule has 3 nitrogen and oxygen atoms in total. The molecule has 1 aromatic rings. The fourth-order valence-corrected chi connectivity index (χ4v) is 1.91. The molecule has 0 fully saturated rings. The Morgan fingerprint density at radius 3 is 2.56 bits per heavy atom. The zero-order valence-corrected chi connectivity index (χ0v) is 11.4. The Bertz CT molecular complexity index is 363. The van der Waals surface area contributed by atoms with E-state index in [9.17, 15) is 4.79 Å². The zero-order chi connectivity index (χ0) is 12.3. The average molecular weight is 240 g/mol. The van der Waals surface area contributed by atoms with E-state index in [1.165, 1.54) is 0 Å². The minimum absolute atomic E-state index is 0.0712. The first kappa shape index (κ1) is 13.2. The largest absolute Gasteiger partial charge is 0.350 e. The summed E-state index contributed by atoms with van der Waals surface area (Å²) in [4.78, 5) is 16.1. The van der Waals surface area contributed by atoms with Crippen molar-refractivity contribution in [2.75, 3.05) is 6.54 Å². The van der Waals surface area contributed by atoms with Gasteiger partial charge in [-0.2, -0.15) is 0 Å². The molecule has 0 aliphatic carbocycles. The van der Waals surface area contributed by atoms with Gasteiger partial charge >= 0.3 is 0 Å². The number of thiazole rings is 1. The van der Waals surface area contributed by atoms with Crippen LogP contribution in [0.15, 0.2) is 5.38 Å². The number of aromatic nitrogens is 1. The highest BCUT2D eigenvalue weighted by Crippen LogP contribution is 2.19. The van der Waals surface area contributed by atoms with E-state index in [0.29, 0.717) is 18.2 Å². The zero-order valence-electron chi connectivity index (χ0n) is 10.6. The molecule has 0 radical (unpaired) electrons. The molecule has 4 heteroatoms. The lowest BCUT2D eigenvalue weighted by Crippen LogP contribution is -2.32. The summed E-state index contributed by atoms with van der Waals surface area (Å²) in [6.45, 7) is 11.1. The van der Waals surface area contributed by atoms with Gasteiger partial charge in [0.05, 0.1) is 5.01 Å². The van der Waals surface area contributed by atoms with E-state index in [1.54, 1.807) is 11.3 Å². The molecule has 0 aliphatic heterocycles. The molecule has 0 spiro atoms. The number of amides is 1. The molecular formula is C12H20N2OS. The van der Waals surface area contributed by atoms with Gasteiger partial charge in [-0.25, -0.2) is 4.98 Å². The normalized spacial score (nSPS) is 11.9. The van der Waals surface area contributed by atoms with Crippen molar-refractivity contribution in [2.45, 2.75) is 40.5 Å². The van der Waals surface area contributed by atoms with Gasteiger partial charge < -0.3 is 5.32 Å². The second-order valence-corrected chi connectivity index (χ2v) is 6.36. The number of rotatable bonds is 3. The third-order valence-corrected chi connectivity index (χ3v) is 3.17. The Hall–Kier alpha value is -0.900. The minimum atomic E-state index is -0.0712. The van der Waals surface area contributed by atoms with E-state index in [-0.39, 0.29) is 11.3 Å². The Morgan fingerprint density at radius 2 is 2.12 bits per heavy atom. The van der Waals surface area contributed by atoms with Crippen molar-refractivity contribution in [3.63, 3.8) is 0 Å². The number of hydrogen-bond donors (Lipinski definition) is 1. The van der Waals surface area contributed by atoms with Crippen molar-refractivity contribution < 1.29 is 4.79 Å². The number of nitrogens with one attached hydrogen (secondary N) is 1. The van der Waals surface area contributed by atoms with Crippen molar-refractivity contribution in [1.82, 2.24) is 10.3 Å². The fourth-order valence-electron chi connectivity index (χ4n) is 1.09. The van der Waals surface area contributed by atoms with Crippen LogP contribution in [0.5, 0.6) is 0 Å². The van der Waals surface area contributed by atoms with Gasteiger partial charge in [0, 0.05) is 17.8 Å². The molecular weight excluding hydrogens is 220 g/mol. The summed E-state index contributed by atoms with van der Waals surface area (Å²) in [6.07, 6.45) is 0. The molecule has 0 aliphatic rings. The molecule has 1 heterocycles. The maximum Gasteiger partial charge on any atom is 0.270 e. The second-order valence-electron chi connectivity index (χ2n) is 5.47. The van der Waals surface area contributed by atoms with E-state index < -0.39 is 0 Å². The van der Waals surface area contributed by atoms with Gasteiger partial charge in [-0.05, 0) is 5.41 Å². The van der Waals surface area contributed by atoms with Crippen molar-refractivity contribution >= 4 is 17.2 Å². The third kappa shape index (κ3) is 3.93. The van der Waals surface area contributed by atoms with Gasteiger partial charge in [-0.3, -0.25) is 4.79 Å². The smallest absolute Gasteiger partial charge is 0.270 e. The van der Waals surface area contributed by atoms with Crippen molar-refractivity contribution in [2.24, 2.45) is 5.41 Å². The Morgan fingerprint density at radius 1 is 1.50 bits per heavy atom. The van der Waals surface area contributed by atoms with E-state index >= 15 is 0 Å². The molecule has 1 rings (SSSR count). The molecule has 90 valence electrons. The highest BCUT2D eigenvalue weighted by molar-refractivity contribution is 7.09. The topological polar surface area (TPSA) is 42.0 Å². The van der Waals surface area contributed by atoms with Crippen molar-refractivity contribution in [1.29, 1.82) is 0 Å². The van der Waals surface area contributed by atoms with Crippen LogP contribution in [-0.4, -0.2) is 17.4 Å². The first-order valence-electron chi connectivity index (χ1n) is 5.53. The highest BCUT2D eigenvalue weighted by atomic mass is 32.1. The van der Waals surface area contributed by atoms with E-state index in [2.05, 4.69) is 44.9 Å². The van der Waals surface area contributed by atoms with Gasteiger partial charge in [-0.1, -0.05) is 34.6 Å². The summed E-state index contributed by atoms with van der Waals surface area (Å²) in [7, 11) is 0. The summed E-state index contributed by atoms with van der Waals surface area (Å²) in [5.74, 6) is 0.312. The summed E-state index contributed by atoms with van der Waals surface area (Å²) in [6, 6.07) is 0. The van der Waals surface area contributed by atoms with Crippen LogP contribution in [0.2, 0.25) is 0 Å². The fraction of sp³-hybridized carbons (Fsp3) is 0.667. The van der Waals surface area contributed by atoms with E-state index in [1.807, 2.05) is 5.38 Å². The summed E-state index contributed by atoms with van der Waals surface area (Å²) >= 11 is 1.55. The van der Waals surface area contributed by atoms with Gasteiger partial charge in [0.25, 0.3) is 5.91 Å². The van der Waals surface area contributed by atoms with Crippen LogP contribution in [0.1, 0.15) is 56.0 Å². The predicted molar refractivity (Wildman–Crippen MR) is 68.0 cm³/mol. The predicted octanol–water partition coefficient (Wildman–Crippen LogP) is 3.04. The Kier molecular flexibility index (Phi) is 4.08. The lowest BCUT2D eigenvalue weighted by atomic mass is 9.97. The average Bonchev–Trinajstić information content (AvgIpc) is 2.61. The van der Waals surface area contributed by atoms with Crippen LogP contribution in [0.25, 0.3) is 0 Å². The third-order valence-electron chi connectivity index (χ3n) is 2.03. The van der Waals surface area contributed by atoms with Crippen LogP contribution in [-0.2, 0) is 0 Å². The van der Waals surface area contributed by atoms with Gasteiger partial charge in [-0.15, -0.1) is 11.3 Å². The summed E-state index contributed by atoms with van der Waals surface area (Å²) in [5.41, 5.74) is 0.643. The molecule has 16 heavy (non-hydrogen) atoms. The molecule has 0 saturated heterocycles. The lowest BCUT2D eigenvalue weighted by molar-refractivity contribution is 0.0935. The lowest BCUT2D eigenvalue weighted by Gasteiger charge is -2.18. The van der Waals surface area contributed by atoms with Crippen LogP contribution in [0.3, 0.4) is 0 Å². The van der Waals surface area contributed by atoms with Crippen LogP contribution in [0, 0.1) is 5.41 Å². The summed E-state index contributed by atoms with van der Waals surface area (Å²) < 4.78 is 0. The van der Waals surface area contributed by atoms with Gasteiger partial charge in [0.1, 0.15) is 5.69 Å². The van der Waals surface area contributed by atoms with Gasteiger partial charge in [0.2, 0.25) is 0 Å². The molecule has 0 aromatic carbocycles. The monoisotopic (exact) mass is 240 g/mol. The second kappa shape index (κ2) is 4.95. The first-order chi connectivity index (χ1) is 7.29. The van der Waals surface area contributed by atoms with Crippen molar-refractivity contribution in [3.05, 3.63) is 16.1 Å². The van der Waals surface area contributed by atoms with E-state index in [4.69, 9.17) is 0 Å². The molecule has 1 amide bonds. The van der Waals surface area contributed by atoms with Crippen LogP contribution in [0.4, 0.5) is 0 Å². The number of carbonyl (C=O) groups excluding carboxylic acids is 1. The summed E-state index contributed by atoms with van der Waals surface area (Å²) in [5, 5.41) is 5.74. The maximum atomic E-state index is 11.8. The SMILES string of the molecule is CC(C)c1nc(C(=O)NCC(C)(C)C)cs1. The standard InChI is InChI=1S/C12H20N2OS/c1-8(2)11-14-9(6-16-11)10(15)13-7-12(3,4)5/h6,8H,7H2,1-5H3,(H,13,15). The molecule has 0 bridgehead atoms. The molecule has 0 atom stereocenters. The van der Waals surface area contributed by atoms with Crippen molar-refractivity contribution in [3.8, 4) is 0 Å². The Labute approximate surface area is 101 Å². The number of hydrogen-bond acceptors (Lipinski definition) is 3. The highest BCUT2D eigenvalue weighted by Gasteiger charge is 2.15. The van der Waals surface area contributed by atoms with E-state index in [0.717, 1.165) is 5.01 Å². The quantitative estimate of drug-likeness (QED) is 0.882. The van der Waals surface area contributed by atoms with Crippen LogP contribution < -0.4 is 5.32 Å².